The zero-order chi connectivity index (χ0) is 10.3. The minimum absolute atomic E-state index is 0.0849. The molecule has 0 saturated heterocycles. The van der Waals surface area contributed by atoms with Gasteiger partial charge in [0.05, 0.1) is 16.5 Å². The van der Waals surface area contributed by atoms with Gasteiger partial charge in [0.25, 0.3) is 11.2 Å². The van der Waals surface area contributed by atoms with E-state index in [-0.39, 0.29) is 10.9 Å². The Morgan fingerprint density at radius 3 is 2.71 bits per heavy atom. The number of fused-ring (bicyclic) bond motifs is 1. The maximum atomic E-state index is 13.2. The van der Waals surface area contributed by atoms with Gasteiger partial charge in [0.1, 0.15) is 11.2 Å². The van der Waals surface area contributed by atoms with Crippen LogP contribution in [-0.2, 0) is 0 Å². The normalized spacial score (nSPS) is 10.6. The fourth-order valence-electron chi connectivity index (χ4n) is 1.21. The summed E-state index contributed by atoms with van der Waals surface area (Å²) in [6.07, 6.45) is 0. The summed E-state index contributed by atoms with van der Waals surface area (Å²) in [5, 5.41) is 14.6. The Kier molecular flexibility index (Phi) is 1.60. The van der Waals surface area contributed by atoms with E-state index in [0.29, 0.717) is 6.07 Å². The summed E-state index contributed by atoms with van der Waals surface area (Å²) in [5.41, 5.74) is -0.945. The van der Waals surface area contributed by atoms with E-state index in [0.717, 1.165) is 6.07 Å². The number of H-pyrrole nitrogens is 2. The zero-order valence-corrected chi connectivity index (χ0v) is 6.70. The average molecular weight is 197 g/mol. The highest BCUT2D eigenvalue weighted by Crippen LogP contribution is 2.19. The highest BCUT2D eigenvalue weighted by molar-refractivity contribution is 5.80. The largest absolute Gasteiger partial charge is 0.297 e. The summed E-state index contributed by atoms with van der Waals surface area (Å²) < 4.78 is 13.2. The lowest BCUT2D eigenvalue weighted by Crippen LogP contribution is -2.00. The van der Waals surface area contributed by atoms with Crippen LogP contribution in [0.4, 0.5) is 10.1 Å². The Morgan fingerprint density at radius 2 is 2.07 bits per heavy atom. The van der Waals surface area contributed by atoms with Gasteiger partial charge in [-0.1, -0.05) is 0 Å². The quantitative estimate of drug-likeness (QED) is 0.525. The van der Waals surface area contributed by atoms with Crippen molar-refractivity contribution in [3.05, 3.63) is 38.4 Å². The third-order valence-corrected chi connectivity index (χ3v) is 1.82. The van der Waals surface area contributed by atoms with Crippen molar-refractivity contribution >= 4 is 16.6 Å². The number of hydrogen-bond donors (Lipinski definition) is 2. The van der Waals surface area contributed by atoms with E-state index >= 15 is 0 Å². The molecule has 14 heavy (non-hydrogen) atoms. The fourth-order valence-corrected chi connectivity index (χ4v) is 1.21. The van der Waals surface area contributed by atoms with Crippen molar-refractivity contribution in [3.63, 3.8) is 0 Å². The number of nitrogens with zero attached hydrogens (tertiary/aromatic N) is 1. The number of nitrogens with one attached hydrogen (secondary N) is 2. The summed E-state index contributed by atoms with van der Waals surface area (Å²) in [4.78, 5) is 20.6. The van der Waals surface area contributed by atoms with Crippen molar-refractivity contribution in [2.75, 3.05) is 0 Å². The van der Waals surface area contributed by atoms with Gasteiger partial charge in [-0.25, -0.2) is 4.39 Å². The molecule has 1 aromatic heterocycles. The van der Waals surface area contributed by atoms with Gasteiger partial charge < -0.3 is 0 Å². The lowest BCUT2D eigenvalue weighted by molar-refractivity contribution is -0.384. The molecule has 0 amide bonds. The molecular formula is C7H4FN3O3. The molecule has 0 aliphatic heterocycles. The molecule has 1 aromatic carbocycles. The van der Waals surface area contributed by atoms with Crippen LogP contribution in [0.5, 0.6) is 0 Å². The summed E-state index contributed by atoms with van der Waals surface area (Å²) in [5.74, 6) is -0.906. The Balaban J connectivity index is 2.87. The Hall–Kier alpha value is -2.18. The molecule has 0 spiro atoms. The second-order valence-corrected chi connectivity index (χ2v) is 2.69. The maximum Gasteiger partial charge on any atom is 0.274 e. The minimum Gasteiger partial charge on any atom is -0.297 e. The molecule has 0 atom stereocenters. The van der Waals surface area contributed by atoms with Crippen molar-refractivity contribution in [1.29, 1.82) is 0 Å². The van der Waals surface area contributed by atoms with E-state index in [1.54, 1.807) is 0 Å². The van der Waals surface area contributed by atoms with Gasteiger partial charge in [-0.2, -0.15) is 0 Å². The number of nitro benzene ring substituents is 1. The topological polar surface area (TPSA) is 91.8 Å². The van der Waals surface area contributed by atoms with Crippen LogP contribution >= 0.6 is 0 Å². The summed E-state index contributed by atoms with van der Waals surface area (Å²) >= 11 is 0. The number of benzene rings is 1. The second-order valence-electron chi connectivity index (χ2n) is 2.69. The maximum absolute atomic E-state index is 13.2. The van der Waals surface area contributed by atoms with Crippen molar-refractivity contribution in [2.24, 2.45) is 0 Å². The molecule has 7 heteroatoms. The van der Waals surface area contributed by atoms with Gasteiger partial charge in [-0.05, 0) is 0 Å². The standard InChI is InChI=1S/C7H4FN3O3/c8-4-1-3(11(13)14)2-5-6(4)7(12)10-9-5/h1-2H,(H2,9,10,12). The van der Waals surface area contributed by atoms with Crippen molar-refractivity contribution in [3.8, 4) is 0 Å². The zero-order valence-electron chi connectivity index (χ0n) is 6.70. The van der Waals surface area contributed by atoms with Crippen molar-refractivity contribution < 1.29 is 9.31 Å². The first kappa shape index (κ1) is 8.42. The monoisotopic (exact) mass is 197 g/mol. The SMILES string of the molecule is O=c1[nH][nH]c2cc([N+](=O)[O-])cc(F)c12. The van der Waals surface area contributed by atoms with Crippen LogP contribution in [0.1, 0.15) is 0 Å². The molecule has 2 rings (SSSR count). The number of hydrogen-bond acceptors (Lipinski definition) is 3. The predicted molar refractivity (Wildman–Crippen MR) is 45.5 cm³/mol. The van der Waals surface area contributed by atoms with Crippen LogP contribution in [0.3, 0.4) is 0 Å². The van der Waals surface area contributed by atoms with E-state index in [2.05, 4.69) is 10.2 Å². The van der Waals surface area contributed by atoms with Gasteiger partial charge in [-0.15, -0.1) is 0 Å². The number of aromatic amines is 2. The van der Waals surface area contributed by atoms with Crippen LogP contribution in [0, 0.1) is 15.9 Å². The molecule has 0 unspecified atom stereocenters. The van der Waals surface area contributed by atoms with E-state index in [1.807, 2.05) is 0 Å². The molecule has 2 N–H and O–H groups in total. The van der Waals surface area contributed by atoms with Crippen LogP contribution in [-0.4, -0.2) is 15.1 Å². The number of nitro groups is 1. The van der Waals surface area contributed by atoms with Crippen LogP contribution in [0.15, 0.2) is 16.9 Å². The lowest BCUT2D eigenvalue weighted by Gasteiger charge is -1.92. The molecule has 0 bridgehead atoms. The van der Waals surface area contributed by atoms with Crippen molar-refractivity contribution in [1.82, 2.24) is 10.2 Å². The van der Waals surface area contributed by atoms with E-state index in [4.69, 9.17) is 0 Å². The van der Waals surface area contributed by atoms with Gasteiger partial charge in [0, 0.05) is 6.07 Å². The molecule has 0 saturated carbocycles. The first-order valence-corrected chi connectivity index (χ1v) is 3.64. The molecule has 2 aromatic rings. The van der Waals surface area contributed by atoms with Crippen LogP contribution in [0.25, 0.3) is 10.9 Å². The first-order valence-electron chi connectivity index (χ1n) is 3.64. The Morgan fingerprint density at radius 1 is 1.36 bits per heavy atom. The molecule has 0 fully saturated rings. The first-order chi connectivity index (χ1) is 6.59. The number of non-ortho nitro benzene ring substituents is 1. The summed E-state index contributed by atoms with van der Waals surface area (Å²) in [7, 11) is 0. The highest BCUT2D eigenvalue weighted by Gasteiger charge is 2.14. The predicted octanol–water partition coefficient (Wildman–Crippen LogP) is 0.903. The molecule has 0 aliphatic carbocycles. The van der Waals surface area contributed by atoms with Crippen LogP contribution in [0.2, 0.25) is 0 Å². The molecule has 6 nitrogen and oxygen atoms in total. The van der Waals surface area contributed by atoms with Crippen LogP contribution < -0.4 is 5.56 Å². The van der Waals surface area contributed by atoms with Gasteiger partial charge >= 0.3 is 0 Å². The molecule has 0 aliphatic rings. The smallest absolute Gasteiger partial charge is 0.274 e. The molecule has 0 radical (unpaired) electrons. The van der Waals surface area contributed by atoms with Gasteiger partial charge in [-0.3, -0.25) is 25.1 Å². The average Bonchev–Trinajstić information content (AvgIpc) is 2.48. The summed E-state index contributed by atoms with van der Waals surface area (Å²) in [6, 6.07) is 1.81. The Labute approximate surface area is 75.5 Å². The molecule has 1 heterocycles. The summed E-state index contributed by atoms with van der Waals surface area (Å²) in [6.45, 7) is 0. The lowest BCUT2D eigenvalue weighted by atomic mass is 10.2. The van der Waals surface area contributed by atoms with Crippen molar-refractivity contribution in [2.45, 2.75) is 0 Å². The third-order valence-electron chi connectivity index (χ3n) is 1.82. The van der Waals surface area contributed by atoms with Gasteiger partial charge in [0.15, 0.2) is 0 Å². The van der Waals surface area contributed by atoms with Gasteiger partial charge in [0.2, 0.25) is 0 Å². The second kappa shape index (κ2) is 2.66. The molecule has 72 valence electrons. The number of rotatable bonds is 1. The fraction of sp³-hybridized carbons (Fsp3) is 0. The highest BCUT2D eigenvalue weighted by atomic mass is 19.1. The van der Waals surface area contributed by atoms with E-state index in [1.165, 1.54) is 0 Å². The third kappa shape index (κ3) is 1.06. The molecular weight excluding hydrogens is 193 g/mol. The van der Waals surface area contributed by atoms with E-state index in [9.17, 15) is 19.3 Å². The number of aromatic nitrogens is 2. The Bertz CT molecular complexity index is 571. The number of halogens is 1. The van der Waals surface area contributed by atoms with E-state index < -0.39 is 22.0 Å². The minimum atomic E-state index is -0.906.